The Kier molecular flexibility index (Phi) is 4.69. The minimum Gasteiger partial charge on any atom is -0.493 e. The molecule has 0 aliphatic carbocycles. The number of H-pyrrole nitrogens is 1. The van der Waals surface area contributed by atoms with Gasteiger partial charge in [0.05, 0.1) is 39.5 Å². The van der Waals surface area contributed by atoms with E-state index in [9.17, 15) is 4.79 Å². The molecule has 22 heavy (non-hydrogen) atoms. The van der Waals surface area contributed by atoms with E-state index in [-0.39, 0.29) is 12.0 Å². The van der Waals surface area contributed by atoms with E-state index < -0.39 is 0 Å². The highest BCUT2D eigenvalue weighted by molar-refractivity contribution is 5.74. The molecule has 1 aromatic heterocycles. The summed E-state index contributed by atoms with van der Waals surface area (Å²) in [6, 6.07) is 8.83. The number of pyridine rings is 1. The van der Waals surface area contributed by atoms with Gasteiger partial charge in [-0.15, -0.1) is 0 Å². The van der Waals surface area contributed by atoms with Crippen LogP contribution in [-0.4, -0.2) is 26.3 Å². The number of aromatic amines is 1. The van der Waals surface area contributed by atoms with Crippen molar-refractivity contribution in [1.29, 1.82) is 5.26 Å². The van der Waals surface area contributed by atoms with E-state index >= 15 is 0 Å². The molecule has 0 amide bonds. The molecule has 0 bridgehead atoms. The van der Waals surface area contributed by atoms with Gasteiger partial charge in [0.1, 0.15) is 0 Å². The number of rotatable bonds is 5. The van der Waals surface area contributed by atoms with Crippen molar-refractivity contribution in [2.24, 2.45) is 0 Å². The fourth-order valence-corrected chi connectivity index (χ4v) is 2.20. The summed E-state index contributed by atoms with van der Waals surface area (Å²) in [5.74, 6) is 1.45. The van der Waals surface area contributed by atoms with Gasteiger partial charge in [-0.3, -0.25) is 4.79 Å². The number of methoxy groups -OCH3 is 3. The monoisotopic (exact) mass is 300 g/mol. The predicted octanol–water partition coefficient (Wildman–Crippen LogP) is 2.13. The van der Waals surface area contributed by atoms with Crippen molar-refractivity contribution in [2.75, 3.05) is 21.3 Å². The van der Waals surface area contributed by atoms with E-state index in [1.807, 2.05) is 6.07 Å². The van der Waals surface area contributed by atoms with Crippen LogP contribution < -0.4 is 19.8 Å². The van der Waals surface area contributed by atoms with Crippen LogP contribution in [0.1, 0.15) is 5.56 Å². The van der Waals surface area contributed by atoms with E-state index in [0.717, 1.165) is 0 Å². The van der Waals surface area contributed by atoms with Gasteiger partial charge in [0.2, 0.25) is 5.75 Å². The smallest absolute Gasteiger partial charge is 0.252 e. The van der Waals surface area contributed by atoms with E-state index in [4.69, 9.17) is 19.5 Å². The molecule has 0 radical (unpaired) electrons. The number of nitrogens with zero attached hydrogens (tertiary/aromatic N) is 1. The molecule has 114 valence electrons. The third-order valence-corrected chi connectivity index (χ3v) is 3.25. The molecule has 0 aliphatic heterocycles. The first kappa shape index (κ1) is 15.4. The summed E-state index contributed by atoms with van der Waals surface area (Å²) in [6.07, 6.45) is 0.0681. The average Bonchev–Trinajstić information content (AvgIpc) is 2.55. The van der Waals surface area contributed by atoms with E-state index in [0.29, 0.717) is 34.1 Å². The molecule has 0 aliphatic rings. The van der Waals surface area contributed by atoms with Crippen molar-refractivity contribution in [3.8, 4) is 34.6 Å². The number of benzene rings is 1. The maximum absolute atomic E-state index is 12.0. The number of nitriles is 1. The normalized spacial score (nSPS) is 9.91. The fraction of sp³-hybridized carbons (Fsp3) is 0.250. The molecule has 0 saturated carbocycles. The third kappa shape index (κ3) is 2.74. The molecule has 2 aromatic rings. The Morgan fingerprint density at radius 2 is 1.77 bits per heavy atom. The highest BCUT2D eigenvalue weighted by Crippen LogP contribution is 2.43. The number of nitrogens with one attached hydrogen (secondary N) is 1. The molecule has 1 heterocycles. The van der Waals surface area contributed by atoms with Crippen molar-refractivity contribution in [1.82, 2.24) is 4.98 Å². The summed E-state index contributed by atoms with van der Waals surface area (Å²) in [7, 11) is 4.57. The van der Waals surface area contributed by atoms with Crippen LogP contribution in [0.4, 0.5) is 0 Å². The van der Waals surface area contributed by atoms with Gasteiger partial charge in [-0.05, 0) is 18.2 Å². The zero-order valence-electron chi connectivity index (χ0n) is 12.6. The first-order chi connectivity index (χ1) is 10.7. The number of hydrogen-bond donors (Lipinski definition) is 1. The summed E-state index contributed by atoms with van der Waals surface area (Å²) in [5, 5.41) is 8.69. The first-order valence-corrected chi connectivity index (χ1v) is 6.54. The summed E-state index contributed by atoms with van der Waals surface area (Å²) in [6.45, 7) is 0. The van der Waals surface area contributed by atoms with E-state index in [1.54, 1.807) is 24.3 Å². The lowest BCUT2D eigenvalue weighted by Crippen LogP contribution is -2.12. The maximum atomic E-state index is 12.0. The molecule has 2 rings (SSSR count). The van der Waals surface area contributed by atoms with Crippen molar-refractivity contribution < 1.29 is 14.2 Å². The Labute approximate surface area is 127 Å². The van der Waals surface area contributed by atoms with Crippen molar-refractivity contribution in [3.05, 3.63) is 40.2 Å². The zero-order valence-corrected chi connectivity index (χ0v) is 12.6. The fourth-order valence-electron chi connectivity index (χ4n) is 2.20. The minimum atomic E-state index is -0.295. The summed E-state index contributed by atoms with van der Waals surface area (Å²) in [4.78, 5) is 14.7. The Morgan fingerprint density at radius 3 is 2.32 bits per heavy atom. The quantitative estimate of drug-likeness (QED) is 0.914. The van der Waals surface area contributed by atoms with Gasteiger partial charge < -0.3 is 19.2 Å². The predicted molar refractivity (Wildman–Crippen MR) is 81.5 cm³/mol. The summed E-state index contributed by atoms with van der Waals surface area (Å²) in [5.41, 5.74) is 1.37. The second kappa shape index (κ2) is 6.68. The van der Waals surface area contributed by atoms with Gasteiger partial charge in [-0.2, -0.15) is 5.26 Å². The van der Waals surface area contributed by atoms with Crippen molar-refractivity contribution >= 4 is 0 Å². The highest BCUT2D eigenvalue weighted by atomic mass is 16.5. The Morgan fingerprint density at radius 1 is 1.05 bits per heavy atom. The van der Waals surface area contributed by atoms with Crippen molar-refractivity contribution in [3.63, 3.8) is 0 Å². The first-order valence-electron chi connectivity index (χ1n) is 6.54. The molecule has 0 atom stereocenters. The number of aromatic nitrogens is 1. The van der Waals surface area contributed by atoms with E-state index in [1.165, 1.54) is 21.3 Å². The van der Waals surface area contributed by atoms with Gasteiger partial charge in [0.25, 0.3) is 5.56 Å². The van der Waals surface area contributed by atoms with Gasteiger partial charge in [0.15, 0.2) is 11.5 Å². The standard InChI is InChI=1S/C16H16N2O4/c1-20-13-7-5-11(14(21-2)15(13)22-3)12-6-4-10(8-9-17)16(19)18-12/h4-7H,8H2,1-3H3,(H,18,19). The van der Waals surface area contributed by atoms with Crippen LogP contribution in [0.2, 0.25) is 0 Å². The van der Waals surface area contributed by atoms with Crippen LogP contribution in [-0.2, 0) is 6.42 Å². The topological polar surface area (TPSA) is 84.3 Å². The maximum Gasteiger partial charge on any atom is 0.252 e. The number of ether oxygens (including phenoxy) is 3. The molecule has 6 nitrogen and oxygen atoms in total. The van der Waals surface area contributed by atoms with Crippen LogP contribution in [0.5, 0.6) is 17.2 Å². The molecule has 1 aromatic carbocycles. The van der Waals surface area contributed by atoms with Gasteiger partial charge in [-0.25, -0.2) is 0 Å². The average molecular weight is 300 g/mol. The minimum absolute atomic E-state index is 0.0681. The molecule has 0 saturated heterocycles. The molecule has 0 spiro atoms. The van der Waals surface area contributed by atoms with Crippen molar-refractivity contribution in [2.45, 2.75) is 6.42 Å². The van der Waals surface area contributed by atoms with Crippen LogP contribution in [0.15, 0.2) is 29.1 Å². The van der Waals surface area contributed by atoms with Gasteiger partial charge in [0, 0.05) is 11.1 Å². The molecular weight excluding hydrogens is 284 g/mol. The van der Waals surface area contributed by atoms with Crippen LogP contribution in [0.3, 0.4) is 0 Å². The van der Waals surface area contributed by atoms with E-state index in [2.05, 4.69) is 4.98 Å². The van der Waals surface area contributed by atoms with Gasteiger partial charge >= 0.3 is 0 Å². The Bertz CT molecular complexity index is 775. The van der Waals surface area contributed by atoms with Gasteiger partial charge in [-0.1, -0.05) is 6.07 Å². The zero-order chi connectivity index (χ0) is 16.1. The SMILES string of the molecule is COc1ccc(-c2ccc(CC#N)c(=O)[nH]2)c(OC)c1OC. The second-order valence-corrected chi connectivity index (χ2v) is 4.44. The summed E-state index contributed by atoms with van der Waals surface area (Å²) >= 11 is 0. The molecule has 6 heteroatoms. The lowest BCUT2D eigenvalue weighted by molar-refractivity contribution is 0.325. The largest absolute Gasteiger partial charge is 0.493 e. The molecule has 0 fully saturated rings. The molecule has 1 N–H and O–H groups in total. The second-order valence-electron chi connectivity index (χ2n) is 4.44. The van der Waals surface area contributed by atoms with Crippen LogP contribution in [0.25, 0.3) is 11.3 Å². The molecular formula is C16H16N2O4. The highest BCUT2D eigenvalue weighted by Gasteiger charge is 2.17. The Hall–Kier alpha value is -2.94. The number of hydrogen-bond acceptors (Lipinski definition) is 5. The third-order valence-electron chi connectivity index (χ3n) is 3.25. The summed E-state index contributed by atoms with van der Waals surface area (Å²) < 4.78 is 16.0. The lowest BCUT2D eigenvalue weighted by atomic mass is 10.1. The lowest BCUT2D eigenvalue weighted by Gasteiger charge is -2.15. The van der Waals surface area contributed by atoms with Crippen LogP contribution >= 0.6 is 0 Å². The Balaban J connectivity index is 2.60. The van der Waals surface area contributed by atoms with Crippen LogP contribution in [0, 0.1) is 11.3 Å². The molecule has 0 unspecified atom stereocenters.